The number of aromatic carboxylic acids is 1. The fourth-order valence-electron chi connectivity index (χ4n) is 2.40. The second kappa shape index (κ2) is 6.47. The Hall–Kier alpha value is -3.42. The molecule has 1 amide bonds. The number of amides is 1. The number of carboxylic acid groups (broad SMARTS) is 1. The lowest BCUT2D eigenvalue weighted by molar-refractivity contribution is 0.0634. The van der Waals surface area contributed by atoms with Gasteiger partial charge < -0.3 is 9.84 Å². The van der Waals surface area contributed by atoms with Gasteiger partial charge in [-0.15, -0.1) is 0 Å². The number of aromatic nitrogens is 3. The van der Waals surface area contributed by atoms with E-state index in [-0.39, 0.29) is 5.69 Å². The van der Waals surface area contributed by atoms with E-state index in [0.29, 0.717) is 17.0 Å². The number of carbonyl (C=O) groups excluding carboxylic acids is 1. The van der Waals surface area contributed by atoms with Gasteiger partial charge in [-0.25, -0.2) is 19.1 Å². The first-order valence-electron chi connectivity index (χ1n) is 7.91. The molecule has 134 valence electrons. The van der Waals surface area contributed by atoms with Gasteiger partial charge in [0, 0.05) is 23.5 Å². The summed E-state index contributed by atoms with van der Waals surface area (Å²) in [4.78, 5) is 27.2. The molecule has 2 heterocycles. The molecule has 26 heavy (non-hydrogen) atoms. The van der Waals surface area contributed by atoms with Crippen LogP contribution in [-0.2, 0) is 4.74 Å². The summed E-state index contributed by atoms with van der Waals surface area (Å²) in [6, 6.07) is 10.2. The van der Waals surface area contributed by atoms with Crippen LogP contribution in [-0.4, -0.2) is 37.4 Å². The van der Waals surface area contributed by atoms with E-state index in [1.54, 1.807) is 51.2 Å². The SMILES string of the molecule is CC(C)(C)OC(=O)Nc1cccc(-c2ccnc3cc(C(=O)O)nn23)c1. The van der Waals surface area contributed by atoms with Gasteiger partial charge in [0.05, 0.1) is 5.69 Å². The van der Waals surface area contributed by atoms with Crippen molar-refractivity contribution in [3.05, 3.63) is 48.3 Å². The van der Waals surface area contributed by atoms with Crippen molar-refractivity contribution in [1.29, 1.82) is 0 Å². The van der Waals surface area contributed by atoms with Crippen LogP contribution in [0.15, 0.2) is 42.6 Å². The molecule has 0 aliphatic carbocycles. The van der Waals surface area contributed by atoms with Gasteiger partial charge in [-0.1, -0.05) is 12.1 Å². The molecule has 0 aliphatic rings. The highest BCUT2D eigenvalue weighted by atomic mass is 16.6. The number of hydrogen-bond acceptors (Lipinski definition) is 5. The Balaban J connectivity index is 1.94. The van der Waals surface area contributed by atoms with Crippen LogP contribution in [0.2, 0.25) is 0 Å². The van der Waals surface area contributed by atoms with Gasteiger partial charge in [0.1, 0.15) is 5.60 Å². The first-order chi connectivity index (χ1) is 12.2. The minimum absolute atomic E-state index is 0.0898. The van der Waals surface area contributed by atoms with Gasteiger partial charge in [-0.2, -0.15) is 5.10 Å². The van der Waals surface area contributed by atoms with Crippen molar-refractivity contribution in [3.8, 4) is 11.3 Å². The smallest absolute Gasteiger partial charge is 0.412 e. The number of nitrogens with one attached hydrogen (secondary N) is 1. The van der Waals surface area contributed by atoms with Gasteiger partial charge in [0.15, 0.2) is 11.3 Å². The quantitative estimate of drug-likeness (QED) is 0.746. The third kappa shape index (κ3) is 3.80. The Bertz CT molecular complexity index is 988. The lowest BCUT2D eigenvalue weighted by Crippen LogP contribution is -2.27. The molecule has 3 aromatic rings. The zero-order valence-corrected chi connectivity index (χ0v) is 14.6. The lowest BCUT2D eigenvalue weighted by atomic mass is 10.1. The second-order valence-corrected chi connectivity index (χ2v) is 6.64. The lowest BCUT2D eigenvalue weighted by Gasteiger charge is -2.19. The highest BCUT2D eigenvalue weighted by molar-refractivity contribution is 5.87. The van der Waals surface area contributed by atoms with E-state index >= 15 is 0 Å². The summed E-state index contributed by atoms with van der Waals surface area (Å²) >= 11 is 0. The number of anilines is 1. The zero-order chi connectivity index (χ0) is 18.9. The number of rotatable bonds is 3. The van der Waals surface area contributed by atoms with Crippen molar-refractivity contribution < 1.29 is 19.4 Å². The molecule has 0 aliphatic heterocycles. The molecule has 3 rings (SSSR count). The van der Waals surface area contributed by atoms with Crippen molar-refractivity contribution in [2.75, 3.05) is 5.32 Å². The summed E-state index contributed by atoms with van der Waals surface area (Å²) in [5.74, 6) is -1.12. The summed E-state index contributed by atoms with van der Waals surface area (Å²) in [5.41, 5.74) is 1.67. The van der Waals surface area contributed by atoms with Gasteiger partial charge in [-0.3, -0.25) is 5.32 Å². The van der Waals surface area contributed by atoms with Crippen LogP contribution < -0.4 is 5.32 Å². The average molecular weight is 354 g/mol. The topological polar surface area (TPSA) is 106 Å². The average Bonchev–Trinajstić information content (AvgIpc) is 2.97. The Kier molecular flexibility index (Phi) is 4.33. The maximum absolute atomic E-state index is 11.9. The molecule has 0 saturated heterocycles. The van der Waals surface area contributed by atoms with Crippen LogP contribution in [0.5, 0.6) is 0 Å². The molecule has 0 saturated carbocycles. The predicted octanol–water partition coefficient (Wildman–Crippen LogP) is 3.44. The number of carboxylic acids is 1. The number of ether oxygens (including phenoxy) is 1. The van der Waals surface area contributed by atoms with E-state index in [0.717, 1.165) is 5.56 Å². The number of nitrogens with zero attached hydrogens (tertiary/aromatic N) is 3. The molecule has 1 aromatic carbocycles. The highest BCUT2D eigenvalue weighted by Gasteiger charge is 2.17. The molecule has 8 heteroatoms. The second-order valence-electron chi connectivity index (χ2n) is 6.64. The summed E-state index contributed by atoms with van der Waals surface area (Å²) < 4.78 is 6.70. The third-order valence-electron chi connectivity index (χ3n) is 3.38. The molecule has 0 unspecified atom stereocenters. The van der Waals surface area contributed by atoms with Crippen molar-refractivity contribution in [3.63, 3.8) is 0 Å². The molecular weight excluding hydrogens is 336 g/mol. The molecule has 0 bridgehead atoms. The molecule has 0 radical (unpaired) electrons. The van der Waals surface area contributed by atoms with Gasteiger partial charge in [-0.05, 0) is 39.0 Å². The first-order valence-corrected chi connectivity index (χ1v) is 7.91. The summed E-state index contributed by atoms with van der Waals surface area (Å²) in [5, 5.41) is 15.9. The molecule has 8 nitrogen and oxygen atoms in total. The maximum Gasteiger partial charge on any atom is 0.412 e. The standard InChI is InChI=1S/C18H18N4O4/c1-18(2,3)26-17(25)20-12-6-4-5-11(9-12)14-7-8-19-15-10-13(16(23)24)21-22(14)15/h4-10H,1-3H3,(H,20,25)(H,23,24). The predicted molar refractivity (Wildman–Crippen MR) is 95.2 cm³/mol. The first kappa shape index (κ1) is 17.4. The number of benzene rings is 1. The monoisotopic (exact) mass is 354 g/mol. The Labute approximate surface area is 149 Å². The van der Waals surface area contributed by atoms with E-state index in [9.17, 15) is 9.59 Å². The van der Waals surface area contributed by atoms with Crippen molar-refractivity contribution >= 4 is 23.4 Å². The normalized spacial score (nSPS) is 11.3. The summed E-state index contributed by atoms with van der Waals surface area (Å²) in [6.45, 7) is 5.36. The number of carbonyl (C=O) groups is 2. The Morgan fingerprint density at radius 1 is 1.19 bits per heavy atom. The van der Waals surface area contributed by atoms with Crippen LogP contribution >= 0.6 is 0 Å². The third-order valence-corrected chi connectivity index (χ3v) is 3.38. The van der Waals surface area contributed by atoms with Crippen LogP contribution in [0.25, 0.3) is 16.9 Å². The van der Waals surface area contributed by atoms with Gasteiger partial charge in [0.25, 0.3) is 0 Å². The van der Waals surface area contributed by atoms with Crippen molar-refractivity contribution in [2.45, 2.75) is 26.4 Å². The molecule has 2 N–H and O–H groups in total. The largest absolute Gasteiger partial charge is 0.476 e. The van der Waals surface area contributed by atoms with Gasteiger partial charge >= 0.3 is 12.1 Å². The van der Waals surface area contributed by atoms with E-state index in [1.807, 2.05) is 6.07 Å². The summed E-state index contributed by atoms with van der Waals surface area (Å²) in [7, 11) is 0. The Morgan fingerprint density at radius 3 is 2.65 bits per heavy atom. The van der Waals surface area contributed by atoms with Gasteiger partial charge in [0.2, 0.25) is 0 Å². The molecular formula is C18H18N4O4. The van der Waals surface area contributed by atoms with E-state index in [1.165, 1.54) is 10.6 Å². The molecule has 0 fully saturated rings. The van der Waals surface area contributed by atoms with Crippen LogP contribution in [0.3, 0.4) is 0 Å². The van der Waals surface area contributed by atoms with E-state index < -0.39 is 17.7 Å². The zero-order valence-electron chi connectivity index (χ0n) is 14.6. The molecule has 2 aromatic heterocycles. The molecule has 0 spiro atoms. The van der Waals surface area contributed by atoms with Crippen LogP contribution in [0.4, 0.5) is 10.5 Å². The Morgan fingerprint density at radius 2 is 1.96 bits per heavy atom. The van der Waals surface area contributed by atoms with Crippen LogP contribution in [0, 0.1) is 0 Å². The molecule has 0 atom stereocenters. The fourth-order valence-corrected chi connectivity index (χ4v) is 2.40. The number of fused-ring (bicyclic) bond motifs is 1. The maximum atomic E-state index is 11.9. The van der Waals surface area contributed by atoms with Crippen molar-refractivity contribution in [2.24, 2.45) is 0 Å². The number of hydrogen-bond donors (Lipinski definition) is 2. The minimum Gasteiger partial charge on any atom is -0.476 e. The van der Waals surface area contributed by atoms with E-state index in [4.69, 9.17) is 9.84 Å². The van der Waals surface area contributed by atoms with E-state index in [2.05, 4.69) is 15.4 Å². The fraction of sp³-hybridized carbons (Fsp3) is 0.222. The minimum atomic E-state index is -1.12. The van der Waals surface area contributed by atoms with Crippen molar-refractivity contribution in [1.82, 2.24) is 14.6 Å². The summed E-state index contributed by atoms with van der Waals surface area (Å²) in [6.07, 6.45) is 1.02. The highest BCUT2D eigenvalue weighted by Crippen LogP contribution is 2.23. The van der Waals surface area contributed by atoms with Crippen LogP contribution in [0.1, 0.15) is 31.3 Å².